The van der Waals surface area contributed by atoms with Crippen molar-refractivity contribution in [1.29, 1.82) is 0 Å². The van der Waals surface area contributed by atoms with Gasteiger partial charge < -0.3 is 23.1 Å². The molecule has 1 rings (SSSR count). The van der Waals surface area contributed by atoms with Gasteiger partial charge in [-0.25, -0.2) is 0 Å². The zero-order valence-corrected chi connectivity index (χ0v) is 12.8. The van der Waals surface area contributed by atoms with Gasteiger partial charge in [-0.1, -0.05) is 0 Å². The Labute approximate surface area is 111 Å². The molecular weight excluding hydrogens is 252 g/mol. The smallest absolute Gasteiger partial charge is 0.390 e. The molecule has 3 unspecified atom stereocenters. The maximum atomic E-state index is 9.76. The first-order valence-electron chi connectivity index (χ1n) is 6.47. The van der Waals surface area contributed by atoms with Gasteiger partial charge in [-0.2, -0.15) is 0 Å². The molecule has 1 aliphatic carbocycles. The molecule has 0 aliphatic heterocycles. The van der Waals surface area contributed by atoms with Crippen LogP contribution in [-0.4, -0.2) is 54.6 Å². The molecule has 0 spiro atoms. The molecule has 0 aromatic carbocycles. The molecule has 1 saturated carbocycles. The number of methoxy groups -OCH3 is 1. The van der Waals surface area contributed by atoms with Crippen LogP contribution >= 0.6 is 0 Å². The largest absolute Gasteiger partial charge is 0.500 e. The summed E-state index contributed by atoms with van der Waals surface area (Å²) in [5, 5.41) is 9.76. The average Bonchev–Trinajstić information content (AvgIpc) is 2.42. The molecule has 0 heterocycles. The van der Waals surface area contributed by atoms with Crippen molar-refractivity contribution in [2.24, 2.45) is 5.92 Å². The molecule has 0 saturated heterocycles. The van der Waals surface area contributed by atoms with Crippen LogP contribution < -0.4 is 0 Å². The van der Waals surface area contributed by atoms with Crippen molar-refractivity contribution in [2.75, 3.05) is 28.4 Å². The number of aliphatic hydroxyl groups is 1. The second-order valence-corrected chi connectivity index (χ2v) is 7.95. The number of hydrogen-bond donors (Lipinski definition) is 1. The lowest BCUT2D eigenvalue weighted by Crippen LogP contribution is -2.43. The quantitative estimate of drug-likeness (QED) is 0.714. The minimum Gasteiger partial charge on any atom is -0.390 e. The minimum atomic E-state index is -2.45. The summed E-state index contributed by atoms with van der Waals surface area (Å²) in [6.45, 7) is 0. The number of aliphatic hydroxyl groups excluding tert-OH is 1. The fourth-order valence-corrected chi connectivity index (χ4v) is 4.52. The third kappa shape index (κ3) is 4.01. The van der Waals surface area contributed by atoms with Crippen LogP contribution in [0.4, 0.5) is 0 Å². The van der Waals surface area contributed by atoms with Gasteiger partial charge in [0.05, 0.1) is 12.2 Å². The summed E-state index contributed by atoms with van der Waals surface area (Å²) in [6.07, 6.45) is 3.38. The lowest BCUT2D eigenvalue weighted by Gasteiger charge is -2.33. The fourth-order valence-electron chi connectivity index (χ4n) is 2.65. The lowest BCUT2D eigenvalue weighted by molar-refractivity contribution is -0.0512. The molecule has 0 radical (unpaired) electrons. The maximum Gasteiger partial charge on any atom is 0.500 e. The first kappa shape index (κ1) is 16.1. The Morgan fingerprint density at radius 2 is 1.67 bits per heavy atom. The topological polar surface area (TPSA) is 57.2 Å². The number of rotatable bonds is 7. The van der Waals surface area contributed by atoms with E-state index in [1.54, 1.807) is 28.4 Å². The fraction of sp³-hybridized carbons (Fsp3) is 1.00. The van der Waals surface area contributed by atoms with Crippen molar-refractivity contribution in [3.8, 4) is 0 Å². The van der Waals surface area contributed by atoms with Crippen molar-refractivity contribution >= 4 is 8.80 Å². The Hall–Kier alpha value is 0.0169. The maximum absolute atomic E-state index is 9.76. The van der Waals surface area contributed by atoms with E-state index in [1.165, 1.54) is 0 Å². The van der Waals surface area contributed by atoms with Crippen LogP contribution in [0.5, 0.6) is 0 Å². The van der Waals surface area contributed by atoms with Crippen molar-refractivity contribution < 1.29 is 23.1 Å². The molecule has 0 amide bonds. The molecule has 1 N–H and O–H groups in total. The van der Waals surface area contributed by atoms with Gasteiger partial charge in [0, 0.05) is 34.5 Å². The van der Waals surface area contributed by atoms with E-state index in [0.717, 1.165) is 31.7 Å². The van der Waals surface area contributed by atoms with Gasteiger partial charge in [0.15, 0.2) is 0 Å². The van der Waals surface area contributed by atoms with Crippen LogP contribution in [0.25, 0.3) is 0 Å². The van der Waals surface area contributed by atoms with Crippen molar-refractivity contribution in [2.45, 2.75) is 43.9 Å². The zero-order chi connectivity index (χ0) is 13.6. The highest BCUT2D eigenvalue weighted by atomic mass is 28.4. The normalized spacial score (nSPS) is 29.5. The molecule has 0 bridgehead atoms. The highest BCUT2D eigenvalue weighted by molar-refractivity contribution is 6.60. The minimum absolute atomic E-state index is 0.0348. The van der Waals surface area contributed by atoms with Crippen LogP contribution in [-0.2, 0) is 18.0 Å². The van der Waals surface area contributed by atoms with Crippen molar-refractivity contribution in [1.82, 2.24) is 0 Å². The van der Waals surface area contributed by atoms with Crippen LogP contribution in [0.3, 0.4) is 0 Å². The Bertz CT molecular complexity index is 226. The predicted octanol–water partition coefficient (Wildman–Crippen LogP) is 1.43. The molecule has 1 fully saturated rings. The van der Waals surface area contributed by atoms with Crippen LogP contribution in [0.2, 0.25) is 6.04 Å². The van der Waals surface area contributed by atoms with Crippen LogP contribution in [0.15, 0.2) is 0 Å². The number of hydrogen-bond acceptors (Lipinski definition) is 5. The van der Waals surface area contributed by atoms with Gasteiger partial charge in [0.1, 0.15) is 0 Å². The Kier molecular flexibility index (Phi) is 6.76. The zero-order valence-electron chi connectivity index (χ0n) is 11.8. The summed E-state index contributed by atoms with van der Waals surface area (Å²) in [4.78, 5) is 0. The molecule has 0 aromatic rings. The third-order valence-electron chi connectivity index (χ3n) is 3.96. The summed E-state index contributed by atoms with van der Waals surface area (Å²) < 4.78 is 21.6. The van der Waals surface area contributed by atoms with E-state index in [-0.39, 0.29) is 12.2 Å². The molecule has 6 heteroatoms. The first-order valence-corrected chi connectivity index (χ1v) is 8.40. The van der Waals surface area contributed by atoms with E-state index < -0.39 is 8.80 Å². The molecule has 5 nitrogen and oxygen atoms in total. The van der Waals surface area contributed by atoms with E-state index in [9.17, 15) is 5.11 Å². The second kappa shape index (κ2) is 7.57. The standard InChI is InChI=1S/C12H26O5Si/c1-14-12-9-10(5-6-11(12)13)7-8-18(15-2,16-3)17-4/h10-13H,5-9H2,1-4H3. The number of ether oxygens (including phenoxy) is 1. The van der Waals surface area contributed by atoms with Gasteiger partial charge in [0.25, 0.3) is 0 Å². The summed E-state index contributed by atoms with van der Waals surface area (Å²) >= 11 is 0. The molecule has 1 aliphatic rings. The summed E-state index contributed by atoms with van der Waals surface area (Å²) in [6, 6.07) is 0.813. The Morgan fingerprint density at radius 3 is 2.17 bits per heavy atom. The predicted molar refractivity (Wildman–Crippen MR) is 70.3 cm³/mol. The highest BCUT2D eigenvalue weighted by Crippen LogP contribution is 2.31. The SMILES string of the molecule is COC1CC(CC[Si](OC)(OC)OC)CCC1O. The lowest BCUT2D eigenvalue weighted by atomic mass is 9.84. The molecule has 0 aromatic heterocycles. The highest BCUT2D eigenvalue weighted by Gasteiger charge is 2.39. The van der Waals surface area contributed by atoms with Gasteiger partial charge in [-0.05, 0) is 31.6 Å². The van der Waals surface area contributed by atoms with E-state index in [4.69, 9.17) is 18.0 Å². The van der Waals surface area contributed by atoms with E-state index >= 15 is 0 Å². The summed E-state index contributed by atoms with van der Waals surface area (Å²) in [5.74, 6) is 0.547. The van der Waals surface area contributed by atoms with Gasteiger partial charge in [0.2, 0.25) is 0 Å². The Balaban J connectivity index is 2.43. The molecule has 108 valence electrons. The monoisotopic (exact) mass is 278 g/mol. The van der Waals surface area contributed by atoms with E-state index in [1.807, 2.05) is 0 Å². The van der Waals surface area contributed by atoms with Crippen LogP contribution in [0, 0.1) is 5.92 Å². The van der Waals surface area contributed by atoms with Gasteiger partial charge in [-0.15, -0.1) is 0 Å². The van der Waals surface area contributed by atoms with Crippen molar-refractivity contribution in [3.63, 3.8) is 0 Å². The van der Waals surface area contributed by atoms with Crippen LogP contribution in [0.1, 0.15) is 25.7 Å². The third-order valence-corrected chi connectivity index (χ3v) is 6.73. The summed E-state index contributed by atoms with van der Waals surface area (Å²) in [5.41, 5.74) is 0. The average molecular weight is 278 g/mol. The van der Waals surface area contributed by atoms with Gasteiger partial charge >= 0.3 is 8.80 Å². The second-order valence-electron chi connectivity index (χ2n) is 4.85. The molecule has 3 atom stereocenters. The first-order chi connectivity index (χ1) is 8.60. The molecular formula is C12H26O5Si. The van der Waals surface area contributed by atoms with Crippen molar-refractivity contribution in [3.05, 3.63) is 0 Å². The Morgan fingerprint density at radius 1 is 1.06 bits per heavy atom. The van der Waals surface area contributed by atoms with E-state index in [0.29, 0.717) is 5.92 Å². The molecule has 18 heavy (non-hydrogen) atoms. The van der Waals surface area contributed by atoms with E-state index in [2.05, 4.69) is 0 Å². The van der Waals surface area contributed by atoms with Gasteiger partial charge in [-0.3, -0.25) is 0 Å². The summed E-state index contributed by atoms with van der Waals surface area (Å²) in [7, 11) is 4.13.